The van der Waals surface area contributed by atoms with Gasteiger partial charge in [0.25, 0.3) is 0 Å². The van der Waals surface area contributed by atoms with Gasteiger partial charge in [-0.1, -0.05) is 46.8 Å². The molecule has 1 rings (SSSR count). The first kappa shape index (κ1) is 17.6. The SMILES string of the molecule is COc1cc(C=CC(C)CC(C)C)c(C(C)C)cc1OC. The highest BCUT2D eigenvalue weighted by Gasteiger charge is 2.12. The summed E-state index contributed by atoms with van der Waals surface area (Å²) in [5, 5.41) is 0. The van der Waals surface area contributed by atoms with Crippen LogP contribution < -0.4 is 9.47 Å². The minimum atomic E-state index is 0.449. The Morgan fingerprint density at radius 2 is 1.52 bits per heavy atom. The fraction of sp³-hybridized carbons (Fsp3) is 0.579. The summed E-state index contributed by atoms with van der Waals surface area (Å²) >= 11 is 0. The number of allylic oxidation sites excluding steroid dienone is 1. The molecule has 0 amide bonds. The van der Waals surface area contributed by atoms with E-state index >= 15 is 0 Å². The number of hydrogen-bond acceptors (Lipinski definition) is 2. The Morgan fingerprint density at radius 1 is 0.952 bits per heavy atom. The zero-order valence-electron chi connectivity index (χ0n) is 14.6. The molecule has 1 aromatic carbocycles. The van der Waals surface area contributed by atoms with Crippen molar-refractivity contribution in [3.8, 4) is 11.5 Å². The van der Waals surface area contributed by atoms with Crippen molar-refractivity contribution in [2.24, 2.45) is 11.8 Å². The maximum atomic E-state index is 5.42. The Hall–Kier alpha value is -1.44. The van der Waals surface area contributed by atoms with Gasteiger partial charge < -0.3 is 9.47 Å². The van der Waals surface area contributed by atoms with Crippen LogP contribution in [0.5, 0.6) is 11.5 Å². The van der Waals surface area contributed by atoms with E-state index in [1.807, 2.05) is 0 Å². The van der Waals surface area contributed by atoms with E-state index in [-0.39, 0.29) is 0 Å². The highest BCUT2D eigenvalue weighted by Crippen LogP contribution is 2.34. The second-order valence-corrected chi connectivity index (χ2v) is 6.46. The Balaban J connectivity index is 3.12. The van der Waals surface area contributed by atoms with Gasteiger partial charge in [-0.25, -0.2) is 0 Å². The molecule has 0 bridgehead atoms. The van der Waals surface area contributed by atoms with Crippen LogP contribution in [-0.2, 0) is 0 Å². The van der Waals surface area contributed by atoms with Crippen LogP contribution in [0.3, 0.4) is 0 Å². The van der Waals surface area contributed by atoms with Gasteiger partial charge >= 0.3 is 0 Å². The number of methoxy groups -OCH3 is 2. The molecule has 0 heterocycles. The van der Waals surface area contributed by atoms with Crippen LogP contribution in [0.4, 0.5) is 0 Å². The molecule has 2 nitrogen and oxygen atoms in total. The zero-order valence-corrected chi connectivity index (χ0v) is 14.6. The maximum Gasteiger partial charge on any atom is 0.161 e. The molecular formula is C19H30O2. The van der Waals surface area contributed by atoms with Crippen LogP contribution in [0.25, 0.3) is 6.08 Å². The highest BCUT2D eigenvalue weighted by atomic mass is 16.5. The second-order valence-electron chi connectivity index (χ2n) is 6.46. The van der Waals surface area contributed by atoms with Crippen molar-refractivity contribution < 1.29 is 9.47 Å². The Kier molecular flexibility index (Phi) is 6.80. The van der Waals surface area contributed by atoms with Gasteiger partial charge in [-0.05, 0) is 47.4 Å². The van der Waals surface area contributed by atoms with Crippen LogP contribution in [0.2, 0.25) is 0 Å². The minimum Gasteiger partial charge on any atom is -0.493 e. The van der Waals surface area contributed by atoms with E-state index < -0.39 is 0 Å². The molecule has 0 N–H and O–H groups in total. The third-order valence-corrected chi connectivity index (χ3v) is 3.66. The summed E-state index contributed by atoms with van der Waals surface area (Å²) in [4.78, 5) is 0. The molecule has 1 atom stereocenters. The molecule has 1 aromatic rings. The molecule has 2 heteroatoms. The molecule has 118 valence electrons. The standard InChI is InChI=1S/C19H30O2/c1-13(2)10-15(5)8-9-16-11-18(20-6)19(21-7)12-17(16)14(3)4/h8-9,11-15H,10H2,1-7H3. The van der Waals surface area contributed by atoms with Crippen molar-refractivity contribution in [2.45, 2.75) is 47.0 Å². The van der Waals surface area contributed by atoms with E-state index in [0.717, 1.165) is 17.4 Å². The molecule has 0 aliphatic heterocycles. The molecule has 0 spiro atoms. The molecule has 1 unspecified atom stereocenters. The van der Waals surface area contributed by atoms with E-state index in [9.17, 15) is 0 Å². The summed E-state index contributed by atoms with van der Waals surface area (Å²) in [6, 6.07) is 4.17. The van der Waals surface area contributed by atoms with Crippen molar-refractivity contribution in [3.63, 3.8) is 0 Å². The fourth-order valence-electron chi connectivity index (χ4n) is 2.64. The lowest BCUT2D eigenvalue weighted by molar-refractivity contribution is 0.354. The van der Waals surface area contributed by atoms with Crippen LogP contribution in [0, 0.1) is 11.8 Å². The summed E-state index contributed by atoms with van der Waals surface area (Å²) in [6.07, 6.45) is 5.73. The average Bonchev–Trinajstić information content (AvgIpc) is 2.43. The van der Waals surface area contributed by atoms with Crippen LogP contribution in [0.1, 0.15) is 58.1 Å². The first-order valence-corrected chi connectivity index (χ1v) is 7.83. The summed E-state index contributed by atoms with van der Waals surface area (Å²) in [7, 11) is 3.37. The third kappa shape index (κ3) is 5.11. The number of benzene rings is 1. The monoisotopic (exact) mass is 290 g/mol. The summed E-state index contributed by atoms with van der Waals surface area (Å²) in [5.74, 6) is 3.34. The Bertz CT molecular complexity index is 473. The lowest BCUT2D eigenvalue weighted by Gasteiger charge is -2.16. The van der Waals surface area contributed by atoms with Crippen molar-refractivity contribution in [2.75, 3.05) is 14.2 Å². The van der Waals surface area contributed by atoms with Gasteiger partial charge in [-0.15, -0.1) is 0 Å². The molecule has 0 aromatic heterocycles. The molecule has 0 fully saturated rings. The van der Waals surface area contributed by atoms with Gasteiger partial charge in [0.15, 0.2) is 11.5 Å². The van der Waals surface area contributed by atoms with E-state index in [4.69, 9.17) is 9.47 Å². The molecule has 0 radical (unpaired) electrons. The van der Waals surface area contributed by atoms with Crippen molar-refractivity contribution in [1.29, 1.82) is 0 Å². The topological polar surface area (TPSA) is 18.5 Å². The molecule has 0 aliphatic carbocycles. The number of ether oxygens (including phenoxy) is 2. The van der Waals surface area contributed by atoms with Crippen molar-refractivity contribution in [1.82, 2.24) is 0 Å². The maximum absolute atomic E-state index is 5.42. The molecule has 0 aliphatic rings. The van der Waals surface area contributed by atoms with E-state index in [0.29, 0.717) is 11.8 Å². The van der Waals surface area contributed by atoms with Crippen LogP contribution in [-0.4, -0.2) is 14.2 Å². The zero-order chi connectivity index (χ0) is 16.0. The molecule has 0 saturated carbocycles. The first-order valence-electron chi connectivity index (χ1n) is 7.83. The third-order valence-electron chi connectivity index (χ3n) is 3.66. The fourth-order valence-corrected chi connectivity index (χ4v) is 2.64. The number of rotatable bonds is 7. The molecular weight excluding hydrogens is 260 g/mol. The predicted octanol–water partition coefficient (Wildman–Crippen LogP) is 5.52. The van der Waals surface area contributed by atoms with Gasteiger partial charge in [0.05, 0.1) is 14.2 Å². The molecule has 21 heavy (non-hydrogen) atoms. The van der Waals surface area contributed by atoms with E-state index in [1.54, 1.807) is 14.2 Å². The van der Waals surface area contributed by atoms with Crippen LogP contribution in [0.15, 0.2) is 18.2 Å². The summed E-state index contributed by atoms with van der Waals surface area (Å²) < 4.78 is 10.8. The second kappa shape index (κ2) is 8.11. The smallest absolute Gasteiger partial charge is 0.161 e. The molecule has 0 saturated heterocycles. The summed E-state index contributed by atoms with van der Waals surface area (Å²) in [5.41, 5.74) is 2.51. The van der Waals surface area contributed by atoms with E-state index in [2.05, 4.69) is 58.9 Å². The highest BCUT2D eigenvalue weighted by molar-refractivity contribution is 5.61. The largest absolute Gasteiger partial charge is 0.493 e. The lowest BCUT2D eigenvalue weighted by atomic mass is 9.93. The van der Waals surface area contributed by atoms with Gasteiger partial charge in [0.1, 0.15) is 0 Å². The van der Waals surface area contributed by atoms with E-state index in [1.165, 1.54) is 17.5 Å². The van der Waals surface area contributed by atoms with Crippen LogP contribution >= 0.6 is 0 Å². The Labute approximate surface area is 130 Å². The van der Waals surface area contributed by atoms with Gasteiger partial charge in [0, 0.05) is 0 Å². The normalized spacial score (nSPS) is 13.2. The van der Waals surface area contributed by atoms with Gasteiger partial charge in [-0.2, -0.15) is 0 Å². The lowest BCUT2D eigenvalue weighted by Crippen LogP contribution is -1.99. The minimum absolute atomic E-state index is 0.449. The van der Waals surface area contributed by atoms with Crippen molar-refractivity contribution in [3.05, 3.63) is 29.3 Å². The Morgan fingerprint density at radius 3 is 2.00 bits per heavy atom. The number of hydrogen-bond donors (Lipinski definition) is 0. The summed E-state index contributed by atoms with van der Waals surface area (Å²) in [6.45, 7) is 11.2. The van der Waals surface area contributed by atoms with Gasteiger partial charge in [-0.3, -0.25) is 0 Å². The van der Waals surface area contributed by atoms with Gasteiger partial charge in [0.2, 0.25) is 0 Å². The quantitative estimate of drug-likeness (QED) is 0.658. The average molecular weight is 290 g/mol. The predicted molar refractivity (Wildman–Crippen MR) is 91.3 cm³/mol. The van der Waals surface area contributed by atoms with Crippen molar-refractivity contribution >= 4 is 6.08 Å². The first-order chi connectivity index (χ1) is 9.88.